The summed E-state index contributed by atoms with van der Waals surface area (Å²) < 4.78 is 7.20. The first-order valence-electron chi connectivity index (χ1n) is 5.96. The van der Waals surface area contributed by atoms with Crippen LogP contribution in [-0.4, -0.2) is 21.6 Å². The monoisotopic (exact) mass is 251 g/mol. The maximum absolute atomic E-state index is 5.17. The van der Waals surface area contributed by atoms with E-state index in [1.165, 1.54) is 0 Å². The second kappa shape index (κ2) is 4.94. The average Bonchev–Trinajstić information content (AvgIpc) is 2.98. The highest BCUT2D eigenvalue weighted by atomic mass is 16.5. The van der Waals surface area contributed by atoms with Crippen LogP contribution in [0.2, 0.25) is 0 Å². The number of hydrogen-bond acceptors (Lipinski definition) is 3. The van der Waals surface area contributed by atoms with Crippen molar-refractivity contribution in [2.45, 2.75) is 0 Å². The van der Waals surface area contributed by atoms with E-state index in [0.29, 0.717) is 0 Å². The summed E-state index contributed by atoms with van der Waals surface area (Å²) in [5, 5.41) is 0. The molecule has 19 heavy (non-hydrogen) atoms. The highest BCUT2D eigenvalue weighted by molar-refractivity contribution is 5.58. The van der Waals surface area contributed by atoms with Crippen LogP contribution in [0.4, 0.5) is 0 Å². The maximum atomic E-state index is 5.17. The minimum absolute atomic E-state index is 0.842. The Labute approximate surface area is 111 Å². The van der Waals surface area contributed by atoms with Gasteiger partial charge in [0.05, 0.1) is 7.11 Å². The summed E-state index contributed by atoms with van der Waals surface area (Å²) in [4.78, 5) is 8.44. The predicted octanol–water partition coefficient (Wildman–Crippen LogP) is 2.94. The lowest BCUT2D eigenvalue weighted by Gasteiger charge is -2.08. The van der Waals surface area contributed by atoms with Crippen LogP contribution in [0.15, 0.2) is 61.2 Å². The van der Waals surface area contributed by atoms with Gasteiger partial charge in [-0.1, -0.05) is 0 Å². The Bertz CT molecular complexity index is 659. The number of pyridine rings is 1. The van der Waals surface area contributed by atoms with E-state index in [4.69, 9.17) is 4.74 Å². The summed E-state index contributed by atoms with van der Waals surface area (Å²) in [7, 11) is 1.66. The molecule has 2 heterocycles. The molecule has 4 nitrogen and oxygen atoms in total. The van der Waals surface area contributed by atoms with Gasteiger partial charge in [-0.15, -0.1) is 0 Å². The van der Waals surface area contributed by atoms with Gasteiger partial charge in [0.25, 0.3) is 0 Å². The topological polar surface area (TPSA) is 39.9 Å². The van der Waals surface area contributed by atoms with E-state index < -0.39 is 0 Å². The van der Waals surface area contributed by atoms with Gasteiger partial charge in [-0.25, -0.2) is 4.98 Å². The Morgan fingerprint density at radius 2 is 1.68 bits per heavy atom. The minimum atomic E-state index is 0.842. The highest BCUT2D eigenvalue weighted by Gasteiger charge is 2.07. The fraction of sp³-hybridized carbons (Fsp3) is 0.0667. The van der Waals surface area contributed by atoms with Gasteiger partial charge in [0, 0.05) is 36.0 Å². The molecule has 0 atom stereocenters. The number of benzene rings is 1. The number of nitrogens with zero attached hydrogens (tertiary/aromatic N) is 3. The zero-order chi connectivity index (χ0) is 13.1. The molecule has 0 radical (unpaired) electrons. The predicted molar refractivity (Wildman–Crippen MR) is 73.3 cm³/mol. The molecule has 94 valence electrons. The lowest BCUT2D eigenvalue weighted by atomic mass is 10.2. The van der Waals surface area contributed by atoms with E-state index >= 15 is 0 Å². The van der Waals surface area contributed by atoms with Crippen LogP contribution >= 0.6 is 0 Å². The summed E-state index contributed by atoms with van der Waals surface area (Å²) >= 11 is 0. The molecule has 0 aliphatic carbocycles. The molecule has 0 amide bonds. The summed E-state index contributed by atoms with van der Waals surface area (Å²) in [6, 6.07) is 11.8. The molecule has 0 saturated carbocycles. The van der Waals surface area contributed by atoms with E-state index in [2.05, 4.69) is 9.97 Å². The van der Waals surface area contributed by atoms with Gasteiger partial charge in [-0.05, 0) is 36.4 Å². The molecule has 0 aliphatic rings. The highest BCUT2D eigenvalue weighted by Crippen LogP contribution is 2.22. The van der Waals surface area contributed by atoms with E-state index in [-0.39, 0.29) is 0 Å². The maximum Gasteiger partial charge on any atom is 0.144 e. The quantitative estimate of drug-likeness (QED) is 0.718. The zero-order valence-electron chi connectivity index (χ0n) is 10.5. The van der Waals surface area contributed by atoms with Crippen LogP contribution in [0.25, 0.3) is 17.1 Å². The smallest absolute Gasteiger partial charge is 0.144 e. The third-order valence-corrected chi connectivity index (χ3v) is 2.93. The van der Waals surface area contributed by atoms with Crippen molar-refractivity contribution >= 4 is 0 Å². The van der Waals surface area contributed by atoms with Crippen molar-refractivity contribution in [2.24, 2.45) is 0 Å². The van der Waals surface area contributed by atoms with Crippen molar-refractivity contribution in [2.75, 3.05) is 7.11 Å². The molecule has 0 spiro atoms. The fourth-order valence-electron chi connectivity index (χ4n) is 1.97. The second-order valence-electron chi connectivity index (χ2n) is 4.05. The summed E-state index contributed by atoms with van der Waals surface area (Å²) in [5.41, 5.74) is 2.08. The SMILES string of the molecule is COc1ccc(-n2ccnc2-c2ccncc2)cc1. The number of rotatable bonds is 3. The molecule has 0 aliphatic heterocycles. The van der Waals surface area contributed by atoms with Gasteiger partial charge in [0.15, 0.2) is 0 Å². The molecule has 0 bridgehead atoms. The lowest BCUT2D eigenvalue weighted by molar-refractivity contribution is 0.415. The summed E-state index contributed by atoms with van der Waals surface area (Å²) in [5.74, 6) is 1.74. The summed E-state index contributed by atoms with van der Waals surface area (Å²) in [6.45, 7) is 0. The summed E-state index contributed by atoms with van der Waals surface area (Å²) in [6.07, 6.45) is 7.27. The molecule has 0 N–H and O–H groups in total. The van der Waals surface area contributed by atoms with E-state index in [0.717, 1.165) is 22.8 Å². The van der Waals surface area contributed by atoms with Gasteiger partial charge in [-0.3, -0.25) is 9.55 Å². The Hall–Kier alpha value is -2.62. The molecular weight excluding hydrogens is 238 g/mol. The van der Waals surface area contributed by atoms with Crippen LogP contribution in [0, 0.1) is 0 Å². The Balaban J connectivity index is 2.04. The standard InChI is InChI=1S/C15H13N3O/c1-19-14-4-2-13(3-5-14)18-11-10-17-15(18)12-6-8-16-9-7-12/h2-11H,1H3. The first-order valence-corrected chi connectivity index (χ1v) is 5.96. The normalized spacial score (nSPS) is 10.4. The molecule has 3 rings (SSSR count). The van der Waals surface area contributed by atoms with Gasteiger partial charge >= 0.3 is 0 Å². The van der Waals surface area contributed by atoms with Gasteiger partial charge in [-0.2, -0.15) is 0 Å². The molecule has 0 fully saturated rings. The zero-order valence-corrected chi connectivity index (χ0v) is 10.5. The molecule has 0 unspecified atom stereocenters. The van der Waals surface area contributed by atoms with Crippen LogP contribution < -0.4 is 4.74 Å². The first kappa shape index (κ1) is 11.5. The average molecular weight is 251 g/mol. The second-order valence-corrected chi connectivity index (χ2v) is 4.05. The van der Waals surface area contributed by atoms with Crippen molar-refractivity contribution < 1.29 is 4.74 Å². The molecule has 1 aromatic carbocycles. The lowest BCUT2D eigenvalue weighted by Crippen LogP contribution is -1.96. The van der Waals surface area contributed by atoms with Gasteiger partial charge < -0.3 is 4.74 Å². The number of hydrogen-bond donors (Lipinski definition) is 0. The third kappa shape index (κ3) is 2.20. The van der Waals surface area contributed by atoms with Gasteiger partial charge in [0.1, 0.15) is 11.6 Å². The Morgan fingerprint density at radius 3 is 2.37 bits per heavy atom. The third-order valence-electron chi connectivity index (χ3n) is 2.93. The number of aromatic nitrogens is 3. The van der Waals surface area contributed by atoms with Crippen LogP contribution in [0.5, 0.6) is 5.75 Å². The molecular formula is C15H13N3O. The van der Waals surface area contributed by atoms with Crippen molar-refractivity contribution in [3.05, 3.63) is 61.2 Å². The van der Waals surface area contributed by atoms with Crippen molar-refractivity contribution in [3.8, 4) is 22.8 Å². The molecule has 2 aromatic heterocycles. The fourth-order valence-corrected chi connectivity index (χ4v) is 1.97. The largest absolute Gasteiger partial charge is 0.497 e. The van der Waals surface area contributed by atoms with Crippen LogP contribution in [0.1, 0.15) is 0 Å². The van der Waals surface area contributed by atoms with Crippen molar-refractivity contribution in [3.63, 3.8) is 0 Å². The Morgan fingerprint density at radius 1 is 0.947 bits per heavy atom. The van der Waals surface area contributed by atoms with Crippen LogP contribution in [-0.2, 0) is 0 Å². The van der Waals surface area contributed by atoms with Crippen molar-refractivity contribution in [1.29, 1.82) is 0 Å². The van der Waals surface area contributed by atoms with Gasteiger partial charge in [0.2, 0.25) is 0 Å². The van der Waals surface area contributed by atoms with E-state index in [1.807, 2.05) is 47.2 Å². The Kier molecular flexibility index (Phi) is 2.98. The number of ether oxygens (including phenoxy) is 1. The molecule has 3 aromatic rings. The number of methoxy groups -OCH3 is 1. The molecule has 0 saturated heterocycles. The minimum Gasteiger partial charge on any atom is -0.497 e. The molecule has 4 heteroatoms. The van der Waals surface area contributed by atoms with E-state index in [9.17, 15) is 0 Å². The first-order chi connectivity index (χ1) is 9.38. The van der Waals surface area contributed by atoms with Crippen LogP contribution in [0.3, 0.4) is 0 Å². The van der Waals surface area contributed by atoms with E-state index in [1.54, 1.807) is 25.7 Å². The van der Waals surface area contributed by atoms with Crippen molar-refractivity contribution in [1.82, 2.24) is 14.5 Å². The number of imidazole rings is 1.